The lowest BCUT2D eigenvalue weighted by molar-refractivity contribution is 0.0920. The summed E-state index contributed by atoms with van der Waals surface area (Å²) in [5.74, 6) is 3.08. The number of allylic oxidation sites excluding steroid dienone is 4. The zero-order valence-electron chi connectivity index (χ0n) is 22.9. The van der Waals surface area contributed by atoms with Crippen molar-refractivity contribution in [1.29, 1.82) is 0 Å². The van der Waals surface area contributed by atoms with Crippen molar-refractivity contribution in [3.05, 3.63) is 47.6 Å². The first-order valence-corrected chi connectivity index (χ1v) is 18.5. The zero-order valence-corrected chi connectivity index (χ0v) is 27.3. The van der Waals surface area contributed by atoms with Crippen LogP contribution in [0.3, 0.4) is 0 Å². The monoisotopic (exact) mass is 554 g/mol. The van der Waals surface area contributed by atoms with Crippen molar-refractivity contribution in [1.82, 2.24) is 0 Å². The van der Waals surface area contributed by atoms with Gasteiger partial charge in [-0.2, -0.15) is 0 Å². The van der Waals surface area contributed by atoms with E-state index >= 15 is 0 Å². The first kappa shape index (κ1) is 30.1. The van der Waals surface area contributed by atoms with Crippen LogP contribution in [0.25, 0.3) is 0 Å². The fraction of sp³-hybridized carbons (Fsp3) is 0.724. The maximum Gasteiger partial charge on any atom is 0.0860 e. The summed E-state index contributed by atoms with van der Waals surface area (Å²) >= 11 is 0. The number of fused-ring (bicyclic) bond motifs is 1. The van der Waals surface area contributed by atoms with Gasteiger partial charge in [-0.1, -0.05) is 82.0 Å². The van der Waals surface area contributed by atoms with E-state index in [1.807, 2.05) is 0 Å². The van der Waals surface area contributed by atoms with E-state index in [1.54, 1.807) is 5.57 Å². The van der Waals surface area contributed by atoms with Gasteiger partial charge in [-0.3, -0.25) is 0 Å². The van der Waals surface area contributed by atoms with Crippen LogP contribution in [0.2, 0.25) is 0 Å². The van der Waals surface area contributed by atoms with Crippen LogP contribution in [0.15, 0.2) is 47.6 Å². The third kappa shape index (κ3) is 7.17. The minimum Gasteiger partial charge on any atom is -0.358 e. The normalized spacial score (nSPS) is 36.3. The first-order chi connectivity index (χ1) is 16.4. The van der Waals surface area contributed by atoms with Crippen molar-refractivity contribution in [3.8, 4) is 0 Å². The van der Waals surface area contributed by atoms with Crippen LogP contribution < -0.4 is 0 Å². The van der Waals surface area contributed by atoms with E-state index in [2.05, 4.69) is 99.7 Å². The van der Waals surface area contributed by atoms with Crippen molar-refractivity contribution >= 4 is 34.8 Å². The van der Waals surface area contributed by atoms with Gasteiger partial charge in [-0.05, 0) is 99.0 Å². The summed E-state index contributed by atoms with van der Waals surface area (Å²) in [7, 11) is 7.50. The largest absolute Gasteiger partial charge is 0.358 e. The Balaban J connectivity index is 1.73. The predicted octanol–water partition coefficient (Wildman–Crippen LogP) is 9.82. The Morgan fingerprint density at radius 3 is 2.54 bits per heavy atom. The lowest BCUT2D eigenvalue weighted by atomic mass is 9.61. The molecule has 0 saturated heterocycles. The molecule has 198 valence electrons. The average molecular weight is 555 g/mol. The highest BCUT2D eigenvalue weighted by Gasteiger charge is 2.50. The molecule has 3 aliphatic carbocycles. The molecule has 0 aromatic rings. The fourth-order valence-electron chi connectivity index (χ4n) is 7.03. The van der Waals surface area contributed by atoms with Gasteiger partial charge in [0.2, 0.25) is 0 Å². The van der Waals surface area contributed by atoms with Crippen LogP contribution in [0.1, 0.15) is 86.5 Å². The van der Waals surface area contributed by atoms with E-state index in [9.17, 15) is 0 Å². The zero-order chi connectivity index (χ0) is 26.0. The number of hydrogen-bond donors (Lipinski definition) is 0. The number of rotatable bonds is 8. The summed E-state index contributed by atoms with van der Waals surface area (Å²) in [6.07, 6.45) is 18.7. The molecule has 2 nitrogen and oxygen atoms in total. The Morgan fingerprint density at radius 1 is 1.17 bits per heavy atom. The molecule has 0 aromatic heterocycles. The Bertz CT molecular complexity index is 846. The predicted molar refractivity (Wildman–Crippen MR) is 165 cm³/mol. The van der Waals surface area contributed by atoms with Crippen LogP contribution in [-0.2, 0) is 9.05 Å². The molecule has 5 unspecified atom stereocenters. The van der Waals surface area contributed by atoms with Gasteiger partial charge in [0, 0.05) is 15.4 Å². The minimum atomic E-state index is -0.522. The van der Waals surface area contributed by atoms with Crippen LogP contribution in [-0.4, -0.2) is 11.7 Å². The number of hydrogen-bond acceptors (Lipinski definition) is 2. The highest BCUT2D eigenvalue weighted by atomic mass is 32.4. The van der Waals surface area contributed by atoms with E-state index in [-0.39, 0.29) is 11.7 Å². The van der Waals surface area contributed by atoms with Gasteiger partial charge in [0.05, 0.1) is 19.2 Å². The van der Waals surface area contributed by atoms with Crippen molar-refractivity contribution in [3.63, 3.8) is 0 Å². The molecule has 3 fully saturated rings. The molecule has 0 spiro atoms. The first-order valence-electron chi connectivity index (χ1n) is 13.5. The Labute approximate surface area is 224 Å². The summed E-state index contributed by atoms with van der Waals surface area (Å²) in [5, 5.41) is 0. The highest BCUT2D eigenvalue weighted by molar-refractivity contribution is 8.41. The maximum absolute atomic E-state index is 6.19. The van der Waals surface area contributed by atoms with Gasteiger partial charge in [0.15, 0.2) is 0 Å². The summed E-state index contributed by atoms with van der Waals surface area (Å²) in [6.45, 7) is 18.5. The van der Waals surface area contributed by atoms with E-state index in [1.165, 1.54) is 43.3 Å². The van der Waals surface area contributed by atoms with Gasteiger partial charge in [-0.25, -0.2) is 0 Å². The molecule has 3 rings (SSSR count). The lowest BCUT2D eigenvalue weighted by Gasteiger charge is -2.44. The van der Waals surface area contributed by atoms with Crippen LogP contribution in [0, 0.1) is 35.0 Å². The van der Waals surface area contributed by atoms with E-state index in [4.69, 9.17) is 9.05 Å². The lowest BCUT2D eigenvalue weighted by Crippen LogP contribution is -2.35. The standard InChI is InChI=1S/C29H50O2P4/c1-19-17-24(22(4)27(18-19)30-32)13-12-23-9-8-16-29(7)25(14-15-26(23)29)20(2)10-11-21(3)28(5,6)31-35(33)34/h10-13,19-21,25-27H,4,8-9,14-18,32-34H2,1-3,5-7H3/b11-10-,23-12+,24-13-/t19-,20-,21?,25?,26+,27+,29-/m1/s1. The quantitative estimate of drug-likeness (QED) is 0.220. The topological polar surface area (TPSA) is 18.5 Å². The fourth-order valence-corrected chi connectivity index (χ4v) is 9.65. The molecule has 0 radical (unpaired) electrons. The van der Waals surface area contributed by atoms with Gasteiger partial charge in [0.25, 0.3) is 0 Å². The van der Waals surface area contributed by atoms with E-state index < -0.39 is 7.53 Å². The second-order valence-corrected chi connectivity index (χ2v) is 18.3. The summed E-state index contributed by atoms with van der Waals surface area (Å²) in [4.78, 5) is 0. The molecule has 0 bridgehead atoms. The molecule has 6 heteroatoms. The SMILES string of the molecule is C=C1/C(=C\C=C2/CCC[C@]3(C)C([C@H](C)/C=C\C(C)C(C)(C)OP(P)P)CC[C@@H]23)C[C@@H](C)C[C@@H]1OP. The van der Waals surface area contributed by atoms with Gasteiger partial charge >= 0.3 is 0 Å². The molecule has 0 aliphatic heterocycles. The van der Waals surface area contributed by atoms with Crippen molar-refractivity contribution in [2.24, 2.45) is 35.0 Å². The minimum absolute atomic E-state index is 0.144. The molecular weight excluding hydrogens is 504 g/mol. The van der Waals surface area contributed by atoms with Crippen LogP contribution >= 0.6 is 34.8 Å². The van der Waals surface area contributed by atoms with E-state index in [0.29, 0.717) is 29.1 Å². The molecule has 10 atom stereocenters. The van der Waals surface area contributed by atoms with Crippen molar-refractivity contribution in [2.45, 2.75) is 98.2 Å². The second-order valence-electron chi connectivity index (χ2n) is 12.3. The van der Waals surface area contributed by atoms with Crippen LogP contribution in [0.5, 0.6) is 0 Å². The molecule has 0 N–H and O–H groups in total. The third-order valence-electron chi connectivity index (χ3n) is 9.46. The van der Waals surface area contributed by atoms with Crippen LogP contribution in [0.4, 0.5) is 0 Å². The third-order valence-corrected chi connectivity index (χ3v) is 11.1. The van der Waals surface area contributed by atoms with Crippen molar-refractivity contribution in [2.75, 3.05) is 0 Å². The molecular formula is C29H50O2P4. The van der Waals surface area contributed by atoms with Gasteiger partial charge in [-0.15, -0.1) is 0 Å². The second kappa shape index (κ2) is 12.6. The molecule has 3 aliphatic rings. The smallest absolute Gasteiger partial charge is 0.0860 e. The molecule has 0 aromatic carbocycles. The summed E-state index contributed by atoms with van der Waals surface area (Å²) in [6, 6.07) is 0. The molecule has 0 amide bonds. The summed E-state index contributed by atoms with van der Waals surface area (Å²) in [5.41, 5.74) is 4.49. The van der Waals surface area contributed by atoms with E-state index in [0.717, 1.165) is 18.8 Å². The summed E-state index contributed by atoms with van der Waals surface area (Å²) < 4.78 is 11.8. The van der Waals surface area contributed by atoms with Gasteiger partial charge in [0.1, 0.15) is 0 Å². The Morgan fingerprint density at radius 2 is 1.89 bits per heavy atom. The Kier molecular flexibility index (Phi) is 10.9. The Hall–Kier alpha value is 0.600. The molecule has 35 heavy (non-hydrogen) atoms. The molecule has 3 saturated carbocycles. The highest BCUT2D eigenvalue weighted by Crippen LogP contribution is 2.60. The maximum atomic E-state index is 6.19. The van der Waals surface area contributed by atoms with Gasteiger partial charge < -0.3 is 9.05 Å². The van der Waals surface area contributed by atoms with Crippen molar-refractivity contribution < 1.29 is 9.05 Å². The molecule has 0 heterocycles. The average Bonchev–Trinajstić information content (AvgIpc) is 3.14.